The lowest BCUT2D eigenvalue weighted by Crippen LogP contribution is -2.25. The maximum atomic E-state index is 13.3. The van der Waals surface area contributed by atoms with E-state index in [2.05, 4.69) is 18.3 Å². The minimum atomic E-state index is -0.156. The number of ether oxygens (including phenoxy) is 1. The summed E-state index contributed by atoms with van der Waals surface area (Å²) >= 11 is 1.78. The van der Waals surface area contributed by atoms with Crippen LogP contribution in [0, 0.1) is 11.7 Å². The second-order valence-corrected chi connectivity index (χ2v) is 6.85. The Morgan fingerprint density at radius 3 is 2.90 bits per heavy atom. The summed E-state index contributed by atoms with van der Waals surface area (Å²) in [6, 6.07) is 7.58. The van der Waals surface area contributed by atoms with Crippen molar-refractivity contribution in [2.24, 2.45) is 5.92 Å². The van der Waals surface area contributed by atoms with E-state index in [1.807, 2.05) is 6.07 Å². The number of fused-ring (bicyclic) bond motifs is 1. The molecule has 21 heavy (non-hydrogen) atoms. The third-order valence-corrected chi connectivity index (χ3v) is 5.43. The molecule has 1 atom stereocenters. The highest BCUT2D eigenvalue weighted by molar-refractivity contribution is 7.19. The standard InChI is InChI=1S/C17H22FNOS/c1-2-19-15(9-12-5-7-20-8-6-12)17-11-13-10-14(18)3-4-16(13)21-17/h3-4,10-12,15,19H,2,5-9H2,1H3. The monoisotopic (exact) mass is 307 g/mol. The molecular weight excluding hydrogens is 285 g/mol. The molecule has 0 saturated carbocycles. The molecule has 3 rings (SSSR count). The van der Waals surface area contributed by atoms with Crippen molar-refractivity contribution in [1.29, 1.82) is 0 Å². The summed E-state index contributed by atoms with van der Waals surface area (Å²) in [4.78, 5) is 1.32. The first-order chi connectivity index (χ1) is 10.3. The van der Waals surface area contributed by atoms with E-state index in [0.29, 0.717) is 6.04 Å². The first-order valence-electron chi connectivity index (χ1n) is 7.76. The van der Waals surface area contributed by atoms with E-state index >= 15 is 0 Å². The van der Waals surface area contributed by atoms with Crippen LogP contribution in [-0.2, 0) is 4.74 Å². The third kappa shape index (κ3) is 3.62. The van der Waals surface area contributed by atoms with Crippen molar-refractivity contribution in [3.8, 4) is 0 Å². The molecular formula is C17H22FNOS. The van der Waals surface area contributed by atoms with Crippen LogP contribution in [0.4, 0.5) is 4.39 Å². The average molecular weight is 307 g/mol. The van der Waals surface area contributed by atoms with Crippen molar-refractivity contribution in [1.82, 2.24) is 5.32 Å². The molecule has 0 aliphatic carbocycles. The highest BCUT2D eigenvalue weighted by Crippen LogP contribution is 2.35. The van der Waals surface area contributed by atoms with E-state index in [-0.39, 0.29) is 5.82 Å². The molecule has 4 heteroatoms. The van der Waals surface area contributed by atoms with Gasteiger partial charge in [0.05, 0.1) is 0 Å². The zero-order valence-electron chi connectivity index (χ0n) is 12.4. The summed E-state index contributed by atoms with van der Waals surface area (Å²) in [6.45, 7) is 4.88. The van der Waals surface area contributed by atoms with Crippen molar-refractivity contribution in [3.05, 3.63) is 35.0 Å². The normalized spacial score (nSPS) is 18.2. The van der Waals surface area contributed by atoms with Crippen molar-refractivity contribution in [3.63, 3.8) is 0 Å². The Bertz CT molecular complexity index is 591. The summed E-state index contributed by atoms with van der Waals surface area (Å²) in [6.07, 6.45) is 3.45. The van der Waals surface area contributed by atoms with Gasteiger partial charge in [-0.05, 0) is 61.4 Å². The number of rotatable bonds is 5. The lowest BCUT2D eigenvalue weighted by atomic mass is 9.92. The number of benzene rings is 1. The molecule has 0 bridgehead atoms. The fourth-order valence-electron chi connectivity index (χ4n) is 3.07. The average Bonchev–Trinajstić information content (AvgIpc) is 2.91. The Balaban J connectivity index is 1.80. The largest absolute Gasteiger partial charge is 0.381 e. The zero-order valence-corrected chi connectivity index (χ0v) is 13.2. The second-order valence-electron chi connectivity index (χ2n) is 5.73. The Morgan fingerprint density at radius 1 is 1.33 bits per heavy atom. The molecule has 1 aliphatic heterocycles. The van der Waals surface area contributed by atoms with Crippen LogP contribution in [0.1, 0.15) is 37.1 Å². The van der Waals surface area contributed by atoms with Crippen LogP contribution < -0.4 is 5.32 Å². The molecule has 1 saturated heterocycles. The zero-order chi connectivity index (χ0) is 14.7. The van der Waals surface area contributed by atoms with Gasteiger partial charge in [0.15, 0.2) is 0 Å². The topological polar surface area (TPSA) is 21.3 Å². The van der Waals surface area contributed by atoms with E-state index in [4.69, 9.17) is 4.74 Å². The van der Waals surface area contributed by atoms with Crippen molar-refractivity contribution < 1.29 is 9.13 Å². The number of hydrogen-bond acceptors (Lipinski definition) is 3. The lowest BCUT2D eigenvalue weighted by Gasteiger charge is -2.26. The van der Waals surface area contributed by atoms with Gasteiger partial charge in [0, 0.05) is 28.8 Å². The Morgan fingerprint density at radius 2 is 2.14 bits per heavy atom. The number of hydrogen-bond donors (Lipinski definition) is 1. The summed E-state index contributed by atoms with van der Waals surface area (Å²) in [5.41, 5.74) is 0. The molecule has 2 aromatic rings. The molecule has 1 fully saturated rings. The summed E-state index contributed by atoms with van der Waals surface area (Å²) in [7, 11) is 0. The first kappa shape index (κ1) is 14.9. The summed E-state index contributed by atoms with van der Waals surface area (Å²) in [5.74, 6) is 0.570. The van der Waals surface area contributed by atoms with Crippen LogP contribution in [0.15, 0.2) is 24.3 Å². The van der Waals surface area contributed by atoms with Gasteiger partial charge in [0.25, 0.3) is 0 Å². The van der Waals surface area contributed by atoms with Gasteiger partial charge in [-0.2, -0.15) is 0 Å². The Labute approximate surface area is 129 Å². The molecule has 1 aromatic heterocycles. The highest BCUT2D eigenvalue weighted by Gasteiger charge is 2.21. The van der Waals surface area contributed by atoms with Crippen molar-refractivity contribution in [2.45, 2.75) is 32.2 Å². The molecule has 0 spiro atoms. The highest BCUT2D eigenvalue weighted by atomic mass is 32.1. The number of halogens is 1. The van der Waals surface area contributed by atoms with Crippen LogP contribution >= 0.6 is 11.3 Å². The molecule has 1 unspecified atom stereocenters. The molecule has 1 aliphatic rings. The quantitative estimate of drug-likeness (QED) is 0.877. The SMILES string of the molecule is CCNC(CC1CCOCC1)c1cc2cc(F)ccc2s1. The van der Waals surface area contributed by atoms with Crippen LogP contribution in [0.3, 0.4) is 0 Å². The number of nitrogens with one attached hydrogen (secondary N) is 1. The number of thiophene rings is 1. The molecule has 1 N–H and O–H groups in total. The van der Waals surface area contributed by atoms with Gasteiger partial charge in [-0.1, -0.05) is 6.92 Å². The van der Waals surface area contributed by atoms with Gasteiger partial charge in [0.2, 0.25) is 0 Å². The van der Waals surface area contributed by atoms with Crippen LogP contribution in [0.25, 0.3) is 10.1 Å². The van der Waals surface area contributed by atoms with E-state index < -0.39 is 0 Å². The second kappa shape index (κ2) is 6.86. The van der Waals surface area contributed by atoms with Gasteiger partial charge in [-0.15, -0.1) is 11.3 Å². The fraction of sp³-hybridized carbons (Fsp3) is 0.529. The summed E-state index contributed by atoms with van der Waals surface area (Å²) < 4.78 is 20.0. The molecule has 2 heterocycles. The Kier molecular flexibility index (Phi) is 4.88. The van der Waals surface area contributed by atoms with Crippen LogP contribution in [-0.4, -0.2) is 19.8 Å². The van der Waals surface area contributed by atoms with Gasteiger partial charge >= 0.3 is 0 Å². The smallest absolute Gasteiger partial charge is 0.123 e. The van der Waals surface area contributed by atoms with Gasteiger partial charge in [-0.25, -0.2) is 4.39 Å². The van der Waals surface area contributed by atoms with Crippen LogP contribution in [0.5, 0.6) is 0 Å². The van der Waals surface area contributed by atoms with Crippen molar-refractivity contribution in [2.75, 3.05) is 19.8 Å². The van der Waals surface area contributed by atoms with E-state index in [0.717, 1.165) is 50.3 Å². The minimum Gasteiger partial charge on any atom is -0.381 e. The Hall–Kier alpha value is -0.970. The molecule has 0 amide bonds. The van der Waals surface area contributed by atoms with E-state index in [1.165, 1.54) is 9.58 Å². The molecule has 2 nitrogen and oxygen atoms in total. The third-order valence-electron chi connectivity index (χ3n) is 4.20. The lowest BCUT2D eigenvalue weighted by molar-refractivity contribution is 0.0607. The summed E-state index contributed by atoms with van der Waals surface area (Å²) in [5, 5.41) is 4.62. The van der Waals surface area contributed by atoms with Gasteiger partial charge < -0.3 is 10.1 Å². The molecule has 114 valence electrons. The maximum Gasteiger partial charge on any atom is 0.123 e. The van der Waals surface area contributed by atoms with Crippen molar-refractivity contribution >= 4 is 21.4 Å². The van der Waals surface area contributed by atoms with Gasteiger partial charge in [0.1, 0.15) is 5.82 Å². The predicted octanol–water partition coefficient (Wildman–Crippen LogP) is 4.51. The maximum absolute atomic E-state index is 13.3. The van der Waals surface area contributed by atoms with Gasteiger partial charge in [-0.3, -0.25) is 0 Å². The predicted molar refractivity (Wildman–Crippen MR) is 86.4 cm³/mol. The van der Waals surface area contributed by atoms with Crippen LogP contribution in [0.2, 0.25) is 0 Å². The van der Waals surface area contributed by atoms with E-state index in [1.54, 1.807) is 23.5 Å². The molecule has 0 radical (unpaired) electrons. The minimum absolute atomic E-state index is 0.156. The van der Waals surface area contributed by atoms with E-state index in [9.17, 15) is 4.39 Å². The fourth-order valence-corrected chi connectivity index (χ4v) is 4.20. The molecule has 1 aromatic carbocycles. The first-order valence-corrected chi connectivity index (χ1v) is 8.58.